The smallest absolute Gasteiger partial charge is 0.185 e. The number of Topliss-reactive ketones (excluding diaryl/α,β-unsaturated/α-hetero) is 1. The monoisotopic (exact) mass is 334 g/mol. The van der Waals surface area contributed by atoms with Crippen LogP contribution in [0.3, 0.4) is 0 Å². The average Bonchev–Trinajstić information content (AvgIpc) is 2.71. The van der Waals surface area contributed by atoms with Crippen LogP contribution in [0.5, 0.6) is 0 Å². The summed E-state index contributed by atoms with van der Waals surface area (Å²) in [6.45, 7) is 6.49. The Kier molecular flexibility index (Phi) is 3.05. The molecule has 2 bridgehead atoms. The van der Waals surface area contributed by atoms with Gasteiger partial charge in [-0.05, 0) is 42.5 Å². The van der Waals surface area contributed by atoms with Gasteiger partial charge in [-0.1, -0.05) is 36.7 Å². The van der Waals surface area contributed by atoms with Crippen molar-refractivity contribution in [3.05, 3.63) is 28.7 Å². The Balaban J connectivity index is 1.87. The summed E-state index contributed by atoms with van der Waals surface area (Å²) in [6.07, 6.45) is 2.05. The van der Waals surface area contributed by atoms with Gasteiger partial charge in [0, 0.05) is 15.8 Å². The third kappa shape index (κ3) is 1.77. The lowest BCUT2D eigenvalue weighted by Gasteiger charge is -2.31. The number of hydrazone groups is 1. The predicted molar refractivity (Wildman–Crippen MR) is 84.8 cm³/mol. The summed E-state index contributed by atoms with van der Waals surface area (Å²) >= 11 is 3.40. The number of benzene rings is 1. The van der Waals surface area contributed by atoms with Gasteiger partial charge in [0.05, 0.1) is 5.69 Å². The molecule has 0 amide bonds. The standard InChI is InChI=1S/C16H19BrN2O/c1-15(2)12-8-9-16(15,3)14(20)13(12)19-18-11-6-4-10(17)5-7-11/h4-7,12,18H,8-9H2,1-3H3/b19-13-/t12-,16+/m0/s1. The Bertz CT molecular complexity index is 591. The number of fused-ring (bicyclic) bond motifs is 2. The summed E-state index contributed by atoms with van der Waals surface area (Å²) in [6, 6.07) is 7.80. The van der Waals surface area contributed by atoms with Crippen molar-refractivity contribution in [1.29, 1.82) is 0 Å². The molecule has 2 fully saturated rings. The van der Waals surface area contributed by atoms with Gasteiger partial charge in [0.25, 0.3) is 0 Å². The molecule has 2 saturated carbocycles. The number of nitrogens with zero attached hydrogens (tertiary/aromatic N) is 1. The molecule has 2 aliphatic rings. The maximum absolute atomic E-state index is 12.6. The quantitative estimate of drug-likeness (QED) is 0.821. The van der Waals surface area contributed by atoms with Crippen LogP contribution in [0.2, 0.25) is 0 Å². The van der Waals surface area contributed by atoms with Crippen LogP contribution in [0.4, 0.5) is 5.69 Å². The number of ketones is 1. The molecule has 1 aromatic carbocycles. The van der Waals surface area contributed by atoms with Gasteiger partial charge in [0.2, 0.25) is 0 Å². The number of hydrogen-bond donors (Lipinski definition) is 1. The van der Waals surface area contributed by atoms with Crippen LogP contribution in [0.25, 0.3) is 0 Å². The summed E-state index contributed by atoms with van der Waals surface area (Å²) in [4.78, 5) is 12.6. The lowest BCUT2D eigenvalue weighted by molar-refractivity contribution is -0.123. The third-order valence-corrected chi connectivity index (χ3v) is 5.97. The van der Waals surface area contributed by atoms with E-state index in [0.29, 0.717) is 0 Å². The molecule has 0 aliphatic heterocycles. The Morgan fingerprint density at radius 1 is 1.25 bits per heavy atom. The molecule has 1 aromatic rings. The number of anilines is 1. The van der Waals surface area contributed by atoms with Crippen LogP contribution in [0.1, 0.15) is 33.6 Å². The fraction of sp³-hybridized carbons (Fsp3) is 0.500. The van der Waals surface area contributed by atoms with Crippen molar-refractivity contribution in [2.24, 2.45) is 21.8 Å². The van der Waals surface area contributed by atoms with Gasteiger partial charge in [-0.25, -0.2) is 0 Å². The summed E-state index contributed by atoms with van der Waals surface area (Å²) in [5.74, 6) is 0.506. The highest BCUT2D eigenvalue weighted by molar-refractivity contribution is 9.10. The topological polar surface area (TPSA) is 41.5 Å². The minimum atomic E-state index is -0.238. The highest BCUT2D eigenvalue weighted by Gasteiger charge is 2.65. The molecule has 4 heteroatoms. The van der Waals surface area contributed by atoms with Crippen LogP contribution >= 0.6 is 15.9 Å². The highest BCUT2D eigenvalue weighted by atomic mass is 79.9. The van der Waals surface area contributed by atoms with Gasteiger partial charge in [-0.15, -0.1) is 0 Å². The molecule has 0 aromatic heterocycles. The average molecular weight is 335 g/mol. The molecule has 20 heavy (non-hydrogen) atoms. The molecule has 2 atom stereocenters. The Labute approximate surface area is 128 Å². The van der Waals surface area contributed by atoms with E-state index >= 15 is 0 Å². The van der Waals surface area contributed by atoms with E-state index in [2.05, 4.69) is 47.2 Å². The molecular formula is C16H19BrN2O. The molecule has 3 nitrogen and oxygen atoms in total. The van der Waals surface area contributed by atoms with Gasteiger partial charge < -0.3 is 0 Å². The second kappa shape index (κ2) is 4.42. The van der Waals surface area contributed by atoms with E-state index in [4.69, 9.17) is 0 Å². The molecule has 2 aliphatic carbocycles. The molecule has 1 N–H and O–H groups in total. The number of nitrogens with one attached hydrogen (secondary N) is 1. The lowest BCUT2D eigenvalue weighted by atomic mass is 9.70. The van der Waals surface area contributed by atoms with Gasteiger partial charge in [-0.3, -0.25) is 10.2 Å². The number of carbonyl (C=O) groups is 1. The first kappa shape index (κ1) is 13.8. The lowest BCUT2D eigenvalue weighted by Crippen LogP contribution is -2.33. The van der Waals surface area contributed by atoms with Gasteiger partial charge >= 0.3 is 0 Å². The number of carbonyl (C=O) groups excluding carboxylic acids is 1. The summed E-state index contributed by atoms with van der Waals surface area (Å²) in [7, 11) is 0. The SMILES string of the molecule is CC1(C)[C@H]2CC[C@]1(C)C(=O)/C2=N\Nc1ccc(Br)cc1. The molecule has 0 unspecified atom stereocenters. The minimum Gasteiger partial charge on any atom is -0.292 e. The van der Waals surface area contributed by atoms with Crippen molar-refractivity contribution in [3.8, 4) is 0 Å². The van der Waals surface area contributed by atoms with Gasteiger partial charge in [0.15, 0.2) is 5.78 Å². The first-order valence-corrected chi connectivity index (χ1v) is 7.79. The second-order valence-electron chi connectivity index (χ2n) is 6.59. The van der Waals surface area contributed by atoms with E-state index in [1.807, 2.05) is 24.3 Å². The first-order valence-electron chi connectivity index (χ1n) is 7.00. The van der Waals surface area contributed by atoms with Gasteiger partial charge in [-0.2, -0.15) is 5.10 Å². The third-order valence-electron chi connectivity index (χ3n) is 5.44. The van der Waals surface area contributed by atoms with Crippen LogP contribution in [-0.4, -0.2) is 11.5 Å². The Morgan fingerprint density at radius 2 is 1.90 bits per heavy atom. The van der Waals surface area contributed by atoms with E-state index in [1.165, 1.54) is 0 Å². The Hall–Kier alpha value is -1.16. The molecule has 0 radical (unpaired) electrons. The molecule has 3 rings (SSSR count). The van der Waals surface area contributed by atoms with Crippen molar-refractivity contribution >= 4 is 33.1 Å². The minimum absolute atomic E-state index is 0.0182. The zero-order valence-corrected chi connectivity index (χ0v) is 13.6. The van der Waals surface area contributed by atoms with E-state index < -0.39 is 0 Å². The van der Waals surface area contributed by atoms with Crippen molar-refractivity contribution in [3.63, 3.8) is 0 Å². The molecule has 106 valence electrons. The van der Waals surface area contributed by atoms with E-state index in [0.717, 1.165) is 28.7 Å². The van der Waals surface area contributed by atoms with Crippen LogP contribution in [0, 0.1) is 16.7 Å². The zero-order chi connectivity index (χ0) is 14.5. The fourth-order valence-corrected chi connectivity index (χ4v) is 3.87. The van der Waals surface area contributed by atoms with Crippen molar-refractivity contribution in [2.45, 2.75) is 33.6 Å². The van der Waals surface area contributed by atoms with E-state index in [-0.39, 0.29) is 22.5 Å². The second-order valence-corrected chi connectivity index (χ2v) is 7.51. The van der Waals surface area contributed by atoms with Crippen LogP contribution in [-0.2, 0) is 4.79 Å². The first-order chi connectivity index (χ1) is 9.36. The Morgan fingerprint density at radius 3 is 2.45 bits per heavy atom. The molecule has 0 saturated heterocycles. The summed E-state index contributed by atoms with van der Waals surface area (Å²) < 4.78 is 1.03. The predicted octanol–water partition coefficient (Wildman–Crippen LogP) is 4.24. The maximum atomic E-state index is 12.6. The largest absolute Gasteiger partial charge is 0.292 e. The molecular weight excluding hydrogens is 316 g/mol. The fourth-order valence-electron chi connectivity index (χ4n) is 3.60. The summed E-state index contributed by atoms with van der Waals surface area (Å²) in [5.41, 5.74) is 4.44. The number of rotatable bonds is 2. The zero-order valence-electron chi connectivity index (χ0n) is 12.0. The van der Waals surface area contributed by atoms with Crippen LogP contribution < -0.4 is 5.43 Å². The van der Waals surface area contributed by atoms with E-state index in [9.17, 15) is 4.79 Å². The maximum Gasteiger partial charge on any atom is 0.185 e. The summed E-state index contributed by atoms with van der Waals surface area (Å²) in [5, 5.41) is 4.43. The normalized spacial score (nSPS) is 32.9. The van der Waals surface area contributed by atoms with Crippen molar-refractivity contribution < 1.29 is 4.79 Å². The van der Waals surface area contributed by atoms with Crippen molar-refractivity contribution in [1.82, 2.24) is 0 Å². The number of halogens is 1. The molecule has 0 heterocycles. The number of hydrogen-bond acceptors (Lipinski definition) is 3. The van der Waals surface area contributed by atoms with Crippen molar-refractivity contribution in [2.75, 3.05) is 5.43 Å². The van der Waals surface area contributed by atoms with Crippen LogP contribution in [0.15, 0.2) is 33.8 Å². The van der Waals surface area contributed by atoms with Gasteiger partial charge in [0.1, 0.15) is 5.71 Å². The highest BCUT2D eigenvalue weighted by Crippen LogP contribution is 2.62. The molecule has 0 spiro atoms. The van der Waals surface area contributed by atoms with E-state index in [1.54, 1.807) is 0 Å².